The van der Waals surface area contributed by atoms with Crippen LogP contribution in [0, 0.1) is 6.92 Å². The second kappa shape index (κ2) is 6.10. The fourth-order valence-electron chi connectivity index (χ4n) is 4.08. The maximum Gasteiger partial charge on any atom is 0.256 e. The number of carbonyl (C=O) groups excluding carboxylic acids is 1. The number of alkyl halides is 1. The van der Waals surface area contributed by atoms with Crippen LogP contribution in [0.5, 0.6) is 0 Å². The third kappa shape index (κ3) is 2.58. The predicted molar refractivity (Wildman–Crippen MR) is 97.4 cm³/mol. The van der Waals surface area contributed by atoms with Crippen molar-refractivity contribution in [1.82, 2.24) is 14.2 Å². The molecule has 1 aromatic heterocycles. The third-order valence-electron chi connectivity index (χ3n) is 5.46. The number of amides is 1. The first-order chi connectivity index (χ1) is 12.8. The van der Waals surface area contributed by atoms with E-state index in [9.17, 15) is 17.6 Å². The van der Waals surface area contributed by atoms with E-state index in [1.807, 2.05) is 6.92 Å². The normalized spacial score (nSPS) is 22.6. The Balaban J connectivity index is 1.72. The van der Waals surface area contributed by atoms with Gasteiger partial charge in [-0.05, 0) is 43.2 Å². The zero-order valence-electron chi connectivity index (χ0n) is 15.1. The molecule has 0 aliphatic carbocycles. The number of rotatable bonds is 3. The summed E-state index contributed by atoms with van der Waals surface area (Å²) in [6, 6.07) is 7.95. The van der Waals surface area contributed by atoms with Crippen LogP contribution in [0.3, 0.4) is 0 Å². The summed E-state index contributed by atoms with van der Waals surface area (Å²) in [5.41, 5.74) is 1.30. The number of carbonyl (C=O) groups is 1. The number of piperazine rings is 1. The van der Waals surface area contributed by atoms with Crippen molar-refractivity contribution < 1.29 is 17.6 Å². The van der Waals surface area contributed by atoms with Gasteiger partial charge in [0, 0.05) is 25.8 Å². The molecule has 0 spiro atoms. The molecule has 1 fully saturated rings. The number of hydrogen-bond donors (Lipinski definition) is 0. The minimum absolute atomic E-state index is 0.110. The second-order valence-corrected chi connectivity index (χ2v) is 9.11. The van der Waals surface area contributed by atoms with Crippen LogP contribution in [-0.2, 0) is 22.2 Å². The molecule has 1 aromatic carbocycles. The summed E-state index contributed by atoms with van der Waals surface area (Å²) in [5, 5.41) is 0. The van der Waals surface area contributed by atoms with E-state index < -0.39 is 22.2 Å². The molecule has 2 aliphatic heterocycles. The number of nitrogens with zero attached hydrogens (tertiary/aromatic N) is 3. The van der Waals surface area contributed by atoms with Gasteiger partial charge in [-0.2, -0.15) is 4.31 Å². The first kappa shape index (κ1) is 18.1. The van der Waals surface area contributed by atoms with Crippen LogP contribution in [0.2, 0.25) is 0 Å². The third-order valence-corrected chi connectivity index (χ3v) is 7.46. The lowest BCUT2D eigenvalue weighted by atomic mass is 9.95. The highest BCUT2D eigenvalue weighted by atomic mass is 32.2. The number of sulfonamides is 1. The fraction of sp³-hybridized carbons (Fsp3) is 0.368. The van der Waals surface area contributed by atoms with Gasteiger partial charge in [0.05, 0.1) is 21.7 Å². The van der Waals surface area contributed by atoms with E-state index in [1.54, 1.807) is 36.2 Å². The predicted octanol–water partition coefficient (Wildman–Crippen LogP) is 2.24. The summed E-state index contributed by atoms with van der Waals surface area (Å²) in [7, 11) is -3.77. The zero-order chi connectivity index (χ0) is 19.4. The molecule has 2 aliphatic rings. The molecule has 1 amide bonds. The van der Waals surface area contributed by atoms with Crippen LogP contribution < -0.4 is 0 Å². The Morgan fingerprint density at radius 1 is 1.26 bits per heavy atom. The van der Waals surface area contributed by atoms with Crippen LogP contribution in [0.25, 0.3) is 0 Å². The maximum absolute atomic E-state index is 13.2. The molecule has 142 valence electrons. The summed E-state index contributed by atoms with van der Waals surface area (Å²) in [4.78, 5) is 18.9. The van der Waals surface area contributed by atoms with Gasteiger partial charge in [0.1, 0.15) is 6.67 Å². The Labute approximate surface area is 157 Å². The number of fused-ring (bicyclic) bond motifs is 3. The largest absolute Gasteiger partial charge is 0.325 e. The SMILES string of the molecule is Cc1cc(CF)ccc1S(=O)(=O)N1CCN2C(=O)c3cccnc3C2(C)C1. The van der Waals surface area contributed by atoms with Crippen LogP contribution in [0.4, 0.5) is 4.39 Å². The molecule has 0 radical (unpaired) electrons. The minimum atomic E-state index is -3.77. The number of pyridine rings is 1. The van der Waals surface area contributed by atoms with Gasteiger partial charge >= 0.3 is 0 Å². The number of hydrogen-bond acceptors (Lipinski definition) is 4. The smallest absolute Gasteiger partial charge is 0.256 e. The van der Waals surface area contributed by atoms with Gasteiger partial charge in [0.15, 0.2) is 0 Å². The summed E-state index contributed by atoms with van der Waals surface area (Å²) in [6.45, 7) is 3.52. The molecule has 0 N–H and O–H groups in total. The Morgan fingerprint density at radius 2 is 2.04 bits per heavy atom. The average molecular weight is 389 g/mol. The highest BCUT2D eigenvalue weighted by molar-refractivity contribution is 7.89. The van der Waals surface area contributed by atoms with Crippen molar-refractivity contribution in [2.75, 3.05) is 19.6 Å². The van der Waals surface area contributed by atoms with Crippen molar-refractivity contribution >= 4 is 15.9 Å². The van der Waals surface area contributed by atoms with E-state index in [4.69, 9.17) is 0 Å². The fourth-order valence-corrected chi connectivity index (χ4v) is 5.80. The first-order valence-electron chi connectivity index (χ1n) is 8.72. The molecule has 4 rings (SSSR count). The van der Waals surface area contributed by atoms with Crippen molar-refractivity contribution in [1.29, 1.82) is 0 Å². The van der Waals surface area contributed by atoms with Gasteiger partial charge in [-0.15, -0.1) is 0 Å². The van der Waals surface area contributed by atoms with Crippen LogP contribution >= 0.6 is 0 Å². The van der Waals surface area contributed by atoms with Gasteiger partial charge in [-0.25, -0.2) is 12.8 Å². The molecule has 3 heterocycles. The molecular formula is C19H20FN3O3S. The zero-order valence-corrected chi connectivity index (χ0v) is 16.0. The Hall–Kier alpha value is -2.32. The monoisotopic (exact) mass is 389 g/mol. The lowest BCUT2D eigenvalue weighted by Gasteiger charge is -2.44. The van der Waals surface area contributed by atoms with E-state index in [-0.39, 0.29) is 23.9 Å². The van der Waals surface area contributed by atoms with Crippen molar-refractivity contribution in [3.8, 4) is 0 Å². The lowest BCUT2D eigenvalue weighted by Crippen LogP contribution is -2.58. The second-order valence-electron chi connectivity index (χ2n) is 7.20. The van der Waals surface area contributed by atoms with Crippen LogP contribution in [0.1, 0.15) is 34.1 Å². The maximum atomic E-state index is 13.2. The molecule has 0 bridgehead atoms. The quantitative estimate of drug-likeness (QED) is 0.807. The van der Waals surface area contributed by atoms with Crippen molar-refractivity contribution in [3.05, 3.63) is 58.9 Å². The summed E-state index contributed by atoms with van der Waals surface area (Å²) >= 11 is 0. The number of aromatic nitrogens is 1. The van der Waals surface area contributed by atoms with Crippen LogP contribution in [0.15, 0.2) is 41.4 Å². The number of halogens is 1. The van der Waals surface area contributed by atoms with Gasteiger partial charge in [0.2, 0.25) is 10.0 Å². The first-order valence-corrected chi connectivity index (χ1v) is 10.2. The van der Waals surface area contributed by atoms with Crippen molar-refractivity contribution in [2.45, 2.75) is 31.0 Å². The molecule has 8 heteroatoms. The lowest BCUT2D eigenvalue weighted by molar-refractivity contribution is 0.0365. The highest BCUT2D eigenvalue weighted by Crippen LogP contribution is 2.41. The molecule has 1 atom stereocenters. The molecule has 27 heavy (non-hydrogen) atoms. The van der Waals surface area contributed by atoms with E-state index in [1.165, 1.54) is 16.4 Å². The van der Waals surface area contributed by atoms with Gasteiger partial charge < -0.3 is 4.90 Å². The Bertz CT molecular complexity index is 1040. The van der Waals surface area contributed by atoms with Gasteiger partial charge in [-0.1, -0.05) is 12.1 Å². The van der Waals surface area contributed by atoms with Gasteiger partial charge in [0.25, 0.3) is 5.91 Å². The summed E-state index contributed by atoms with van der Waals surface area (Å²) < 4.78 is 40.7. The van der Waals surface area contributed by atoms with E-state index in [2.05, 4.69) is 4.98 Å². The summed E-state index contributed by atoms with van der Waals surface area (Å²) in [5.74, 6) is -0.110. The van der Waals surface area contributed by atoms with Crippen molar-refractivity contribution in [2.24, 2.45) is 0 Å². The highest BCUT2D eigenvalue weighted by Gasteiger charge is 2.52. The van der Waals surface area contributed by atoms with Gasteiger partial charge in [-0.3, -0.25) is 9.78 Å². The molecule has 1 unspecified atom stereocenters. The van der Waals surface area contributed by atoms with Crippen molar-refractivity contribution in [3.63, 3.8) is 0 Å². The Morgan fingerprint density at radius 3 is 2.74 bits per heavy atom. The molecule has 0 saturated carbocycles. The van der Waals surface area contributed by atoms with Crippen LogP contribution in [-0.4, -0.2) is 48.1 Å². The number of benzene rings is 1. The molecular weight excluding hydrogens is 369 g/mol. The molecule has 1 saturated heterocycles. The Kier molecular flexibility index (Phi) is 4.08. The summed E-state index contributed by atoms with van der Waals surface area (Å²) in [6.07, 6.45) is 1.62. The minimum Gasteiger partial charge on any atom is -0.325 e. The molecule has 2 aromatic rings. The van der Waals surface area contributed by atoms with E-state index in [0.29, 0.717) is 28.9 Å². The van der Waals surface area contributed by atoms with E-state index in [0.717, 1.165) is 0 Å². The van der Waals surface area contributed by atoms with E-state index >= 15 is 0 Å². The topological polar surface area (TPSA) is 70.6 Å². The average Bonchev–Trinajstić information content (AvgIpc) is 2.89. The standard InChI is InChI=1S/C19H20FN3O3S/c1-13-10-14(11-20)5-6-16(13)27(25,26)22-8-9-23-18(24)15-4-3-7-21-17(15)19(23,2)12-22/h3-7,10H,8-9,11-12H2,1-2H3. The molecule has 6 nitrogen and oxygen atoms in total. The number of aryl methyl sites for hydroxylation is 1.